The Bertz CT molecular complexity index is 556. The van der Waals surface area contributed by atoms with Crippen LogP contribution in [0.25, 0.3) is 12.2 Å². The molecule has 1 aromatic carbocycles. The molecule has 1 aromatic heterocycles. The van der Waals surface area contributed by atoms with Crippen molar-refractivity contribution in [1.82, 2.24) is 0 Å². The highest BCUT2D eigenvalue weighted by atomic mass is 16.3. The first-order chi connectivity index (χ1) is 7.74. The highest BCUT2D eigenvalue weighted by Crippen LogP contribution is 2.04. The van der Waals surface area contributed by atoms with E-state index < -0.39 is 0 Å². The zero-order chi connectivity index (χ0) is 11.4. The minimum Gasteiger partial charge on any atom is -0.410 e. The second-order valence-corrected chi connectivity index (χ2v) is 3.45. The lowest BCUT2D eigenvalue weighted by atomic mass is 10.2. The van der Waals surface area contributed by atoms with E-state index >= 15 is 0 Å². The maximum absolute atomic E-state index is 11.2. The van der Waals surface area contributed by atoms with E-state index in [9.17, 15) is 4.79 Å². The molecule has 1 heterocycles. The molecule has 0 aliphatic heterocycles. The number of benzene rings is 1. The lowest BCUT2D eigenvalue weighted by Gasteiger charge is -1.90. The average Bonchev–Trinajstić information content (AvgIpc) is 2.27. The number of rotatable bonds is 2. The summed E-state index contributed by atoms with van der Waals surface area (Å²) in [5, 5.41) is 0. The zero-order valence-electron chi connectivity index (χ0n) is 8.94. The monoisotopic (exact) mass is 214 g/mol. The van der Waals surface area contributed by atoms with Crippen molar-refractivity contribution < 1.29 is 9.40 Å². The molecule has 0 saturated heterocycles. The predicted molar refractivity (Wildman–Crippen MR) is 61.6 cm³/mol. The summed E-state index contributed by atoms with van der Waals surface area (Å²) in [6, 6.07) is 11.2. The third kappa shape index (κ3) is 2.67. The first-order valence-electron chi connectivity index (χ1n) is 5.01. The van der Waals surface area contributed by atoms with Gasteiger partial charge in [-0.2, -0.15) is 0 Å². The normalized spacial score (nSPS) is 10.8. The molecule has 0 atom stereocenters. The molecule has 0 unspecified atom stereocenters. The van der Waals surface area contributed by atoms with Gasteiger partial charge < -0.3 is 4.42 Å². The molecule has 2 rings (SSSR count). The van der Waals surface area contributed by atoms with Crippen LogP contribution in [0.15, 0.2) is 45.6 Å². The third-order valence-corrected chi connectivity index (χ3v) is 2.08. The molecule has 80 valence electrons. The van der Waals surface area contributed by atoms with Crippen LogP contribution in [0.5, 0.6) is 0 Å². The van der Waals surface area contributed by atoms with Crippen molar-refractivity contribution >= 4 is 12.2 Å². The second-order valence-electron chi connectivity index (χ2n) is 3.45. The van der Waals surface area contributed by atoms with Crippen molar-refractivity contribution in [3.8, 4) is 0 Å². The number of nitrogens with one attached hydrogen (secondary N) is 1. The molecule has 2 aromatic rings. The van der Waals surface area contributed by atoms with E-state index in [4.69, 9.17) is 4.42 Å². The molecule has 0 aliphatic carbocycles. The highest BCUT2D eigenvalue weighted by molar-refractivity contribution is 5.64. The maximum atomic E-state index is 11.2. The van der Waals surface area contributed by atoms with Crippen LogP contribution in [0.4, 0.5) is 0 Å². The van der Waals surface area contributed by atoms with E-state index in [1.165, 1.54) is 6.07 Å². The van der Waals surface area contributed by atoms with Crippen LogP contribution >= 0.6 is 0 Å². The molecule has 16 heavy (non-hydrogen) atoms. The molecule has 3 heteroatoms. The Hall–Kier alpha value is -2.16. The van der Waals surface area contributed by atoms with Crippen molar-refractivity contribution in [3.05, 3.63) is 64.0 Å². The van der Waals surface area contributed by atoms with Gasteiger partial charge in [-0.1, -0.05) is 30.3 Å². The molecule has 0 bridgehead atoms. The Balaban J connectivity index is 2.27. The largest absolute Gasteiger partial charge is 0.416 e. The number of aromatic amines is 1. The van der Waals surface area contributed by atoms with E-state index in [0.29, 0.717) is 11.7 Å². The molecular weight excluding hydrogens is 202 g/mol. The number of aryl methyl sites for hydroxylation is 1. The minimum atomic E-state index is -0.156. The SMILES string of the molecule is Cc1cc(=O)[nH+]c(/C=C/c2ccccc2)o1. The second kappa shape index (κ2) is 4.57. The topological polar surface area (TPSA) is 44.4 Å². The van der Waals surface area contributed by atoms with Crippen molar-refractivity contribution in [3.63, 3.8) is 0 Å². The van der Waals surface area contributed by atoms with Crippen LogP contribution in [0.2, 0.25) is 0 Å². The summed E-state index contributed by atoms with van der Waals surface area (Å²) in [5.41, 5.74) is 0.900. The smallest absolute Gasteiger partial charge is 0.410 e. The van der Waals surface area contributed by atoms with Gasteiger partial charge in [-0.05, 0) is 18.6 Å². The summed E-state index contributed by atoms with van der Waals surface area (Å²) in [5.74, 6) is 1.05. The summed E-state index contributed by atoms with van der Waals surface area (Å²) in [7, 11) is 0. The van der Waals surface area contributed by atoms with Gasteiger partial charge in [0.05, 0.1) is 12.1 Å². The Morgan fingerprint density at radius 2 is 1.94 bits per heavy atom. The molecule has 0 spiro atoms. The van der Waals surface area contributed by atoms with Crippen molar-refractivity contribution in [2.24, 2.45) is 0 Å². The van der Waals surface area contributed by atoms with Crippen molar-refractivity contribution in [1.29, 1.82) is 0 Å². The average molecular weight is 214 g/mol. The van der Waals surface area contributed by atoms with Gasteiger partial charge in [-0.3, -0.25) is 0 Å². The fraction of sp³-hybridized carbons (Fsp3) is 0.0769. The first-order valence-corrected chi connectivity index (χ1v) is 5.01. The van der Waals surface area contributed by atoms with Gasteiger partial charge in [0.25, 0.3) is 0 Å². The Morgan fingerprint density at radius 3 is 2.62 bits per heavy atom. The number of hydrogen-bond acceptors (Lipinski definition) is 2. The van der Waals surface area contributed by atoms with Crippen molar-refractivity contribution in [2.45, 2.75) is 6.92 Å². The zero-order valence-corrected chi connectivity index (χ0v) is 8.94. The number of aromatic nitrogens is 1. The Kier molecular flexibility index (Phi) is 2.96. The predicted octanol–water partition coefficient (Wildman–Crippen LogP) is 1.93. The third-order valence-electron chi connectivity index (χ3n) is 2.08. The van der Waals surface area contributed by atoms with E-state index in [2.05, 4.69) is 4.98 Å². The molecule has 3 nitrogen and oxygen atoms in total. The summed E-state index contributed by atoms with van der Waals surface area (Å²) >= 11 is 0. The number of hydrogen-bond donors (Lipinski definition) is 0. The quantitative estimate of drug-likeness (QED) is 0.766. The van der Waals surface area contributed by atoms with E-state index in [1.54, 1.807) is 13.0 Å². The molecule has 0 radical (unpaired) electrons. The fourth-order valence-corrected chi connectivity index (χ4v) is 1.38. The van der Waals surface area contributed by atoms with Gasteiger partial charge in [0.2, 0.25) is 0 Å². The molecule has 0 fully saturated rings. The van der Waals surface area contributed by atoms with Crippen LogP contribution in [0.1, 0.15) is 17.2 Å². The highest BCUT2D eigenvalue weighted by Gasteiger charge is 2.03. The molecule has 0 aliphatic rings. The van der Waals surface area contributed by atoms with Gasteiger partial charge in [-0.25, -0.2) is 4.79 Å². The van der Waals surface area contributed by atoms with Gasteiger partial charge in [0, 0.05) is 0 Å². The standard InChI is InChI=1S/C13H11NO2/c1-10-9-12(15)14-13(16-10)8-7-11-5-3-2-4-6-11/h2-9H,1H3/p+1/b8-7+. The van der Waals surface area contributed by atoms with Crippen LogP contribution in [-0.2, 0) is 0 Å². The van der Waals surface area contributed by atoms with Gasteiger partial charge in [0.15, 0.2) is 0 Å². The van der Waals surface area contributed by atoms with E-state index in [1.807, 2.05) is 36.4 Å². The summed E-state index contributed by atoms with van der Waals surface area (Å²) in [6.07, 6.45) is 3.62. The van der Waals surface area contributed by atoms with Gasteiger partial charge >= 0.3 is 11.4 Å². The van der Waals surface area contributed by atoms with Crippen LogP contribution < -0.4 is 10.5 Å². The van der Waals surface area contributed by atoms with Crippen LogP contribution in [0.3, 0.4) is 0 Å². The molecule has 0 amide bonds. The van der Waals surface area contributed by atoms with Crippen LogP contribution in [-0.4, -0.2) is 0 Å². The summed E-state index contributed by atoms with van der Waals surface area (Å²) in [4.78, 5) is 13.8. The minimum absolute atomic E-state index is 0.156. The van der Waals surface area contributed by atoms with E-state index in [-0.39, 0.29) is 5.56 Å². The Labute approximate surface area is 93.1 Å². The van der Waals surface area contributed by atoms with Crippen molar-refractivity contribution in [2.75, 3.05) is 0 Å². The molecule has 0 saturated carbocycles. The lowest BCUT2D eigenvalue weighted by Crippen LogP contribution is -2.28. The van der Waals surface area contributed by atoms with Crippen LogP contribution in [0, 0.1) is 6.92 Å². The summed E-state index contributed by atoms with van der Waals surface area (Å²) in [6.45, 7) is 1.75. The van der Waals surface area contributed by atoms with Gasteiger partial charge in [0.1, 0.15) is 5.76 Å². The fourth-order valence-electron chi connectivity index (χ4n) is 1.38. The number of H-pyrrole nitrogens is 1. The Morgan fingerprint density at radius 1 is 1.19 bits per heavy atom. The maximum Gasteiger partial charge on any atom is 0.416 e. The molecule has 1 N–H and O–H groups in total. The van der Waals surface area contributed by atoms with Gasteiger partial charge in [-0.15, -0.1) is 4.98 Å². The molecular formula is C13H12NO2+. The first kappa shape index (κ1) is 10.4. The van der Waals surface area contributed by atoms with E-state index in [0.717, 1.165) is 5.56 Å². The summed E-state index contributed by atoms with van der Waals surface area (Å²) < 4.78 is 5.34. The lowest BCUT2D eigenvalue weighted by molar-refractivity contribution is -0.418.